The maximum atomic E-state index is 12.5. The van der Waals surface area contributed by atoms with Crippen LogP contribution in [-0.2, 0) is 20.7 Å². The first-order valence-electron chi connectivity index (χ1n) is 9.65. The molecule has 0 aliphatic carbocycles. The number of pyridine rings is 1. The minimum Gasteiger partial charge on any atom is -0.462 e. The van der Waals surface area contributed by atoms with Gasteiger partial charge in [0.2, 0.25) is 0 Å². The molecular formula is C23H26N2O4. The zero-order chi connectivity index (χ0) is 21.2. The van der Waals surface area contributed by atoms with Crippen molar-refractivity contribution in [2.24, 2.45) is 0 Å². The van der Waals surface area contributed by atoms with Gasteiger partial charge < -0.3 is 13.9 Å². The molecule has 0 saturated carbocycles. The molecular weight excluding hydrogens is 368 g/mol. The smallest absolute Gasteiger partial charge is 0.338 e. The van der Waals surface area contributed by atoms with Crippen molar-refractivity contribution in [3.05, 3.63) is 59.4 Å². The van der Waals surface area contributed by atoms with Crippen molar-refractivity contribution in [3.8, 4) is 11.3 Å². The summed E-state index contributed by atoms with van der Waals surface area (Å²) in [6, 6.07) is 11.0. The number of esters is 2. The van der Waals surface area contributed by atoms with Crippen LogP contribution in [0.4, 0.5) is 0 Å². The standard InChI is InChI=1S/C23H26N2O4/c1-6-28-22(27)17-10-8-16(9-11-17)21-18(13-20(26)29-23(3,4)5)25-14-15(2)7-12-19(25)24-21/h7-12,14H,6,13H2,1-5H3. The van der Waals surface area contributed by atoms with E-state index in [1.54, 1.807) is 19.1 Å². The molecule has 0 N–H and O–H groups in total. The number of carbonyl (C=O) groups excluding carboxylic acids is 2. The quantitative estimate of drug-likeness (QED) is 0.601. The lowest BCUT2D eigenvalue weighted by molar-refractivity contribution is -0.154. The van der Waals surface area contributed by atoms with E-state index in [0.717, 1.165) is 22.5 Å². The maximum Gasteiger partial charge on any atom is 0.338 e. The van der Waals surface area contributed by atoms with Crippen LogP contribution in [0, 0.1) is 6.92 Å². The van der Waals surface area contributed by atoms with Crippen LogP contribution < -0.4 is 0 Å². The van der Waals surface area contributed by atoms with Gasteiger partial charge in [0.05, 0.1) is 30.0 Å². The lowest BCUT2D eigenvalue weighted by atomic mass is 10.1. The van der Waals surface area contributed by atoms with Crippen LogP contribution >= 0.6 is 0 Å². The molecule has 0 atom stereocenters. The van der Waals surface area contributed by atoms with Gasteiger partial charge in [-0.05, 0) is 58.4 Å². The highest BCUT2D eigenvalue weighted by atomic mass is 16.6. The third kappa shape index (κ3) is 4.83. The average Bonchev–Trinajstić information content (AvgIpc) is 2.98. The Hall–Kier alpha value is -3.15. The Morgan fingerprint density at radius 1 is 1.07 bits per heavy atom. The van der Waals surface area contributed by atoms with E-state index in [0.29, 0.717) is 17.9 Å². The molecule has 0 fully saturated rings. The number of hydrogen-bond donors (Lipinski definition) is 0. The number of benzene rings is 1. The van der Waals surface area contributed by atoms with Crippen molar-refractivity contribution >= 4 is 17.6 Å². The summed E-state index contributed by atoms with van der Waals surface area (Å²) < 4.78 is 12.5. The van der Waals surface area contributed by atoms with Crippen LogP contribution in [0.2, 0.25) is 0 Å². The largest absolute Gasteiger partial charge is 0.462 e. The molecule has 0 aliphatic rings. The average molecular weight is 394 g/mol. The maximum absolute atomic E-state index is 12.5. The molecule has 2 aromatic heterocycles. The third-order valence-corrected chi connectivity index (χ3v) is 4.27. The summed E-state index contributed by atoms with van der Waals surface area (Å²) in [7, 11) is 0. The van der Waals surface area contributed by atoms with Crippen LogP contribution in [0.3, 0.4) is 0 Å². The fourth-order valence-electron chi connectivity index (χ4n) is 3.09. The first-order valence-corrected chi connectivity index (χ1v) is 9.65. The van der Waals surface area contributed by atoms with Gasteiger partial charge in [0, 0.05) is 11.8 Å². The Labute approximate surface area is 170 Å². The molecule has 1 aromatic carbocycles. The Bertz CT molecular complexity index is 1040. The Balaban J connectivity index is 2.03. The Morgan fingerprint density at radius 3 is 2.38 bits per heavy atom. The van der Waals surface area contributed by atoms with Crippen LogP contribution in [-0.4, -0.2) is 33.5 Å². The van der Waals surface area contributed by atoms with E-state index in [1.165, 1.54) is 0 Å². The molecule has 0 radical (unpaired) electrons. The summed E-state index contributed by atoms with van der Waals surface area (Å²) in [4.78, 5) is 29.2. The van der Waals surface area contributed by atoms with E-state index in [2.05, 4.69) is 0 Å². The summed E-state index contributed by atoms with van der Waals surface area (Å²) in [6.07, 6.45) is 2.05. The van der Waals surface area contributed by atoms with Crippen molar-refractivity contribution in [1.82, 2.24) is 9.38 Å². The zero-order valence-electron chi connectivity index (χ0n) is 17.5. The summed E-state index contributed by atoms with van der Waals surface area (Å²) in [6.45, 7) is 9.63. The lowest BCUT2D eigenvalue weighted by Gasteiger charge is -2.19. The second-order valence-corrected chi connectivity index (χ2v) is 7.90. The molecule has 0 spiro atoms. The van der Waals surface area contributed by atoms with Crippen molar-refractivity contribution < 1.29 is 19.1 Å². The van der Waals surface area contributed by atoms with Crippen molar-refractivity contribution in [1.29, 1.82) is 0 Å². The normalized spacial score (nSPS) is 11.5. The second-order valence-electron chi connectivity index (χ2n) is 7.90. The molecule has 0 aliphatic heterocycles. The second kappa shape index (κ2) is 8.07. The minimum atomic E-state index is -0.561. The molecule has 6 heteroatoms. The van der Waals surface area contributed by atoms with E-state index in [4.69, 9.17) is 14.5 Å². The van der Waals surface area contributed by atoms with Crippen LogP contribution in [0.25, 0.3) is 16.9 Å². The number of hydrogen-bond acceptors (Lipinski definition) is 5. The van der Waals surface area contributed by atoms with Gasteiger partial charge in [-0.3, -0.25) is 4.79 Å². The van der Waals surface area contributed by atoms with E-state index >= 15 is 0 Å². The first-order chi connectivity index (χ1) is 13.7. The summed E-state index contributed by atoms with van der Waals surface area (Å²) in [5.41, 5.74) is 3.98. The van der Waals surface area contributed by atoms with E-state index in [-0.39, 0.29) is 18.4 Å². The lowest BCUT2D eigenvalue weighted by Crippen LogP contribution is -2.25. The fourth-order valence-corrected chi connectivity index (χ4v) is 3.09. The van der Waals surface area contributed by atoms with Gasteiger partial charge in [-0.1, -0.05) is 18.2 Å². The van der Waals surface area contributed by atoms with E-state index < -0.39 is 5.60 Å². The first kappa shape index (κ1) is 20.6. The SMILES string of the molecule is CCOC(=O)c1ccc(-c2nc3ccc(C)cn3c2CC(=O)OC(C)(C)C)cc1. The Morgan fingerprint density at radius 2 is 1.76 bits per heavy atom. The number of carbonyl (C=O) groups is 2. The van der Waals surface area contributed by atoms with Crippen molar-refractivity contribution in [2.75, 3.05) is 6.61 Å². The highest BCUT2D eigenvalue weighted by Crippen LogP contribution is 2.27. The molecule has 0 bridgehead atoms. The van der Waals surface area contributed by atoms with Crippen molar-refractivity contribution in [3.63, 3.8) is 0 Å². The van der Waals surface area contributed by atoms with Crippen LogP contribution in [0.15, 0.2) is 42.6 Å². The molecule has 3 rings (SSSR count). The predicted octanol–water partition coefficient (Wildman–Crippen LogP) is 4.37. The molecule has 29 heavy (non-hydrogen) atoms. The van der Waals surface area contributed by atoms with Gasteiger partial charge in [-0.15, -0.1) is 0 Å². The minimum absolute atomic E-state index is 0.0941. The summed E-state index contributed by atoms with van der Waals surface area (Å²) >= 11 is 0. The zero-order valence-corrected chi connectivity index (χ0v) is 17.5. The summed E-state index contributed by atoms with van der Waals surface area (Å²) in [5.74, 6) is -0.677. The van der Waals surface area contributed by atoms with E-state index in [9.17, 15) is 9.59 Å². The van der Waals surface area contributed by atoms with Gasteiger partial charge in [0.1, 0.15) is 11.2 Å². The number of rotatable bonds is 5. The number of imidazole rings is 1. The number of aromatic nitrogens is 2. The predicted molar refractivity (Wildman–Crippen MR) is 111 cm³/mol. The van der Waals surface area contributed by atoms with Gasteiger partial charge in [-0.2, -0.15) is 0 Å². The highest BCUT2D eigenvalue weighted by molar-refractivity contribution is 5.90. The van der Waals surface area contributed by atoms with Gasteiger partial charge >= 0.3 is 11.9 Å². The van der Waals surface area contributed by atoms with E-state index in [1.807, 2.05) is 62.6 Å². The molecule has 0 saturated heterocycles. The molecule has 0 unspecified atom stereocenters. The number of nitrogens with zero attached hydrogens (tertiary/aromatic N) is 2. The Kier molecular flexibility index (Phi) is 5.73. The van der Waals surface area contributed by atoms with Gasteiger partial charge in [-0.25, -0.2) is 9.78 Å². The molecule has 2 heterocycles. The topological polar surface area (TPSA) is 69.9 Å². The third-order valence-electron chi connectivity index (χ3n) is 4.27. The highest BCUT2D eigenvalue weighted by Gasteiger charge is 2.22. The number of fused-ring (bicyclic) bond motifs is 1. The van der Waals surface area contributed by atoms with Gasteiger partial charge in [0.25, 0.3) is 0 Å². The molecule has 0 amide bonds. The van der Waals surface area contributed by atoms with Crippen LogP contribution in [0.5, 0.6) is 0 Å². The molecule has 152 valence electrons. The molecule has 3 aromatic rings. The monoisotopic (exact) mass is 394 g/mol. The van der Waals surface area contributed by atoms with Crippen molar-refractivity contribution in [2.45, 2.75) is 46.6 Å². The fraction of sp³-hybridized carbons (Fsp3) is 0.348. The van der Waals surface area contributed by atoms with Crippen LogP contribution in [0.1, 0.15) is 49.3 Å². The summed E-state index contributed by atoms with van der Waals surface area (Å²) in [5, 5.41) is 0. The van der Waals surface area contributed by atoms with Gasteiger partial charge in [0.15, 0.2) is 0 Å². The number of aryl methyl sites for hydroxylation is 1. The molecule has 6 nitrogen and oxygen atoms in total. The number of ether oxygens (including phenoxy) is 2.